The number of ether oxygens (including phenoxy) is 1. The summed E-state index contributed by atoms with van der Waals surface area (Å²) in [5.74, 6) is 7.16. The molecule has 0 bridgehead atoms. The number of aromatic nitrogens is 3. The summed E-state index contributed by atoms with van der Waals surface area (Å²) in [7, 11) is 0. The van der Waals surface area contributed by atoms with Crippen molar-refractivity contribution < 1.29 is 9.53 Å². The zero-order chi connectivity index (χ0) is 20.1. The average Bonchev–Trinajstić information content (AvgIpc) is 3.04. The summed E-state index contributed by atoms with van der Waals surface area (Å²) in [4.78, 5) is 12.2. The Labute approximate surface area is 176 Å². The van der Waals surface area contributed by atoms with Gasteiger partial charge < -0.3 is 15.9 Å². The maximum absolute atomic E-state index is 12.2. The molecule has 0 atom stereocenters. The van der Waals surface area contributed by atoms with Crippen molar-refractivity contribution in [1.82, 2.24) is 14.9 Å². The van der Waals surface area contributed by atoms with Gasteiger partial charge in [-0.15, -0.1) is 10.2 Å². The number of nitrogens with zero attached hydrogens (tertiary/aromatic N) is 3. The van der Waals surface area contributed by atoms with Gasteiger partial charge in [-0.3, -0.25) is 4.79 Å². The van der Waals surface area contributed by atoms with Crippen LogP contribution in [-0.2, 0) is 4.79 Å². The lowest BCUT2D eigenvalue weighted by Gasteiger charge is -2.08. The molecule has 0 aliphatic carbocycles. The predicted molar refractivity (Wildman–Crippen MR) is 113 cm³/mol. The number of anilines is 1. The number of hydrogen-bond donors (Lipinski definition) is 2. The first kappa shape index (κ1) is 20.3. The molecule has 1 aromatic heterocycles. The number of amides is 1. The van der Waals surface area contributed by atoms with Crippen molar-refractivity contribution in [3.63, 3.8) is 0 Å². The van der Waals surface area contributed by atoms with E-state index < -0.39 is 0 Å². The second-order valence-electron chi connectivity index (χ2n) is 5.59. The van der Waals surface area contributed by atoms with Crippen molar-refractivity contribution in [3.8, 4) is 17.1 Å². The molecule has 3 aromatic rings. The minimum atomic E-state index is -0.264. The van der Waals surface area contributed by atoms with Crippen molar-refractivity contribution in [2.24, 2.45) is 0 Å². The van der Waals surface area contributed by atoms with Gasteiger partial charge in [-0.2, -0.15) is 0 Å². The standard InChI is InChI=1S/C18H17Cl2N5O2S/c1-2-27-13-6-3-11(4-7-13)17-23-24-18(25(17)21)28-10-16(26)22-15-9-12(19)5-8-14(15)20/h3-9H,2,10,21H2,1H3,(H,22,26). The molecule has 10 heteroatoms. The molecular formula is C18H17Cl2N5O2S. The number of nitrogens with one attached hydrogen (secondary N) is 1. The van der Waals surface area contributed by atoms with Gasteiger partial charge in [-0.1, -0.05) is 35.0 Å². The van der Waals surface area contributed by atoms with E-state index in [1.165, 1.54) is 4.68 Å². The van der Waals surface area contributed by atoms with E-state index in [1.807, 2.05) is 31.2 Å². The van der Waals surface area contributed by atoms with E-state index in [0.717, 1.165) is 23.1 Å². The summed E-state index contributed by atoms with van der Waals surface area (Å²) >= 11 is 13.1. The third kappa shape index (κ3) is 4.89. The van der Waals surface area contributed by atoms with Crippen LogP contribution in [-0.4, -0.2) is 33.1 Å². The van der Waals surface area contributed by atoms with Crippen molar-refractivity contribution in [1.29, 1.82) is 0 Å². The van der Waals surface area contributed by atoms with Crippen LogP contribution in [0.25, 0.3) is 11.4 Å². The zero-order valence-corrected chi connectivity index (χ0v) is 17.2. The molecule has 3 rings (SSSR count). The fraction of sp³-hybridized carbons (Fsp3) is 0.167. The Morgan fingerprint density at radius 1 is 1.21 bits per heavy atom. The third-order valence-corrected chi connectivity index (χ3v) is 5.13. The molecule has 0 saturated carbocycles. The molecule has 146 valence electrons. The SMILES string of the molecule is CCOc1ccc(-c2nnc(SCC(=O)Nc3cc(Cl)ccc3Cl)n2N)cc1. The molecule has 0 saturated heterocycles. The molecule has 3 N–H and O–H groups in total. The fourth-order valence-electron chi connectivity index (χ4n) is 2.35. The third-order valence-electron chi connectivity index (χ3n) is 3.62. The summed E-state index contributed by atoms with van der Waals surface area (Å²) in [6.45, 7) is 2.51. The van der Waals surface area contributed by atoms with Gasteiger partial charge in [-0.25, -0.2) is 4.68 Å². The van der Waals surface area contributed by atoms with Gasteiger partial charge in [0.1, 0.15) is 5.75 Å². The summed E-state index contributed by atoms with van der Waals surface area (Å²) < 4.78 is 6.77. The first-order chi connectivity index (χ1) is 13.5. The molecule has 0 fully saturated rings. The van der Waals surface area contributed by atoms with E-state index in [2.05, 4.69) is 15.5 Å². The summed E-state index contributed by atoms with van der Waals surface area (Å²) in [5.41, 5.74) is 1.24. The first-order valence-electron chi connectivity index (χ1n) is 8.29. The Hall–Kier alpha value is -2.42. The Morgan fingerprint density at radius 3 is 2.68 bits per heavy atom. The molecule has 2 aromatic carbocycles. The Balaban J connectivity index is 1.64. The Kier molecular flexibility index (Phi) is 6.66. The Bertz CT molecular complexity index is 979. The number of rotatable bonds is 7. The van der Waals surface area contributed by atoms with E-state index in [9.17, 15) is 4.79 Å². The van der Waals surface area contributed by atoms with Gasteiger partial charge in [0.15, 0.2) is 5.82 Å². The minimum Gasteiger partial charge on any atom is -0.494 e. The van der Waals surface area contributed by atoms with Gasteiger partial charge in [-0.05, 0) is 49.4 Å². The second kappa shape index (κ2) is 9.18. The predicted octanol–water partition coefficient (Wildman–Crippen LogP) is 4.10. The number of nitrogens with two attached hydrogens (primary N) is 1. The van der Waals surface area contributed by atoms with Crippen LogP contribution in [0.3, 0.4) is 0 Å². The number of halogens is 2. The van der Waals surface area contributed by atoms with Crippen LogP contribution in [0.1, 0.15) is 6.92 Å². The molecule has 1 amide bonds. The topological polar surface area (TPSA) is 95.1 Å². The molecule has 0 radical (unpaired) electrons. The lowest BCUT2D eigenvalue weighted by Crippen LogP contribution is -2.16. The lowest BCUT2D eigenvalue weighted by atomic mass is 10.2. The first-order valence-corrected chi connectivity index (χ1v) is 10.0. The van der Waals surface area contributed by atoms with Gasteiger partial charge in [0.05, 0.1) is 23.1 Å². The second-order valence-corrected chi connectivity index (χ2v) is 7.38. The number of carbonyl (C=O) groups is 1. The zero-order valence-electron chi connectivity index (χ0n) is 14.9. The normalized spacial score (nSPS) is 10.7. The van der Waals surface area contributed by atoms with Crippen LogP contribution in [0.5, 0.6) is 5.75 Å². The van der Waals surface area contributed by atoms with E-state index in [4.69, 9.17) is 33.8 Å². The van der Waals surface area contributed by atoms with Crippen molar-refractivity contribution in [2.75, 3.05) is 23.5 Å². The molecule has 0 aliphatic heterocycles. The maximum Gasteiger partial charge on any atom is 0.234 e. The number of thioether (sulfide) groups is 1. The smallest absolute Gasteiger partial charge is 0.234 e. The molecule has 0 unspecified atom stereocenters. The molecule has 1 heterocycles. The molecule has 0 aliphatic rings. The number of nitrogen functional groups attached to an aromatic ring is 1. The lowest BCUT2D eigenvalue weighted by molar-refractivity contribution is -0.113. The minimum absolute atomic E-state index is 0.0848. The summed E-state index contributed by atoms with van der Waals surface area (Å²) in [6.07, 6.45) is 0. The number of hydrogen-bond acceptors (Lipinski definition) is 6. The number of benzene rings is 2. The maximum atomic E-state index is 12.2. The number of carbonyl (C=O) groups excluding carboxylic acids is 1. The van der Waals surface area contributed by atoms with Gasteiger partial charge in [0.2, 0.25) is 11.1 Å². The molecule has 7 nitrogen and oxygen atoms in total. The quantitative estimate of drug-likeness (QED) is 0.426. The van der Waals surface area contributed by atoms with Gasteiger partial charge in [0.25, 0.3) is 0 Å². The van der Waals surface area contributed by atoms with Gasteiger partial charge in [0, 0.05) is 10.6 Å². The highest BCUT2D eigenvalue weighted by molar-refractivity contribution is 7.99. The highest BCUT2D eigenvalue weighted by Gasteiger charge is 2.14. The fourth-order valence-corrected chi connectivity index (χ4v) is 3.34. The van der Waals surface area contributed by atoms with Crippen LogP contribution >= 0.6 is 35.0 Å². The van der Waals surface area contributed by atoms with Crippen molar-refractivity contribution in [2.45, 2.75) is 12.1 Å². The van der Waals surface area contributed by atoms with Crippen LogP contribution in [0, 0.1) is 0 Å². The summed E-state index contributed by atoms with van der Waals surface area (Å²) in [5, 5.41) is 12.2. The van der Waals surface area contributed by atoms with Crippen LogP contribution in [0.15, 0.2) is 47.6 Å². The highest BCUT2D eigenvalue weighted by atomic mass is 35.5. The van der Waals surface area contributed by atoms with E-state index in [-0.39, 0.29) is 11.7 Å². The molecular weight excluding hydrogens is 421 g/mol. The van der Waals surface area contributed by atoms with Gasteiger partial charge >= 0.3 is 0 Å². The monoisotopic (exact) mass is 437 g/mol. The molecule has 0 spiro atoms. The van der Waals surface area contributed by atoms with Crippen LogP contribution in [0.2, 0.25) is 10.0 Å². The highest BCUT2D eigenvalue weighted by Crippen LogP contribution is 2.27. The molecule has 28 heavy (non-hydrogen) atoms. The van der Waals surface area contributed by atoms with E-state index in [0.29, 0.717) is 33.3 Å². The van der Waals surface area contributed by atoms with Crippen molar-refractivity contribution >= 4 is 46.6 Å². The van der Waals surface area contributed by atoms with Crippen LogP contribution in [0.4, 0.5) is 5.69 Å². The largest absolute Gasteiger partial charge is 0.494 e. The summed E-state index contributed by atoms with van der Waals surface area (Å²) in [6, 6.07) is 12.2. The Morgan fingerprint density at radius 2 is 1.96 bits per heavy atom. The van der Waals surface area contributed by atoms with Crippen LogP contribution < -0.4 is 15.9 Å². The van der Waals surface area contributed by atoms with Crippen molar-refractivity contribution in [3.05, 3.63) is 52.5 Å². The van der Waals surface area contributed by atoms with E-state index in [1.54, 1.807) is 18.2 Å². The van der Waals surface area contributed by atoms with E-state index >= 15 is 0 Å². The average molecular weight is 438 g/mol.